The molecule has 11 nitrogen and oxygen atoms in total. The Morgan fingerprint density at radius 3 is 2.42 bits per heavy atom. The van der Waals surface area contributed by atoms with Gasteiger partial charge in [-0.15, -0.1) is 0 Å². The first-order valence-electron chi connectivity index (χ1n) is 17.5. The van der Waals surface area contributed by atoms with E-state index < -0.39 is 29.4 Å². The summed E-state index contributed by atoms with van der Waals surface area (Å²) in [6.07, 6.45) is 6.30. The lowest BCUT2D eigenvalue weighted by Crippen LogP contribution is -2.43. The van der Waals surface area contributed by atoms with Crippen LogP contribution in [-0.4, -0.2) is 70.5 Å². The van der Waals surface area contributed by atoms with E-state index in [1.54, 1.807) is 12.4 Å². The number of nitrogens with one attached hydrogen (secondary N) is 2. The second-order valence-electron chi connectivity index (χ2n) is 15.0. The van der Waals surface area contributed by atoms with Crippen LogP contribution in [0.5, 0.6) is 11.5 Å². The van der Waals surface area contributed by atoms with Crippen LogP contribution in [0.25, 0.3) is 22.0 Å². The SMILES string of the molecule is Cc1nn(C(=O)OC(C)(C)C)c2ccc(-c3cncc(OC[C@H](Cc4cccc(OCCC5CCNCC5)c4)NC(=O)OC(C)(C)C)c3)cc12. The average Bonchev–Trinajstić information content (AvgIpc) is 3.38. The maximum Gasteiger partial charge on any atom is 0.435 e. The zero-order valence-electron chi connectivity index (χ0n) is 30.4. The number of hydrogen-bond donors (Lipinski definition) is 2. The zero-order chi connectivity index (χ0) is 35.9. The lowest BCUT2D eigenvalue weighted by Gasteiger charge is -2.24. The van der Waals surface area contributed by atoms with Crippen LogP contribution in [0.15, 0.2) is 60.9 Å². The summed E-state index contributed by atoms with van der Waals surface area (Å²) in [5.41, 5.74) is 2.83. The molecule has 0 bridgehead atoms. The van der Waals surface area contributed by atoms with Crippen molar-refractivity contribution in [2.24, 2.45) is 5.92 Å². The summed E-state index contributed by atoms with van der Waals surface area (Å²) in [5, 5.41) is 11.7. The summed E-state index contributed by atoms with van der Waals surface area (Å²) in [7, 11) is 0. The van der Waals surface area contributed by atoms with Gasteiger partial charge in [0.05, 0.1) is 30.1 Å². The lowest BCUT2D eigenvalue weighted by atomic mass is 9.95. The van der Waals surface area contributed by atoms with Gasteiger partial charge in [0.1, 0.15) is 29.3 Å². The Hall–Kier alpha value is -4.64. The van der Waals surface area contributed by atoms with E-state index >= 15 is 0 Å². The number of rotatable bonds is 11. The van der Waals surface area contributed by atoms with E-state index in [-0.39, 0.29) is 6.61 Å². The molecule has 1 saturated heterocycles. The quantitative estimate of drug-likeness (QED) is 0.165. The fourth-order valence-corrected chi connectivity index (χ4v) is 5.93. The third kappa shape index (κ3) is 10.7. The minimum atomic E-state index is -0.640. The number of fused-ring (bicyclic) bond motifs is 1. The first-order chi connectivity index (χ1) is 23.7. The van der Waals surface area contributed by atoms with Gasteiger partial charge in [-0.1, -0.05) is 18.2 Å². The van der Waals surface area contributed by atoms with Crippen LogP contribution in [0.3, 0.4) is 0 Å². The normalized spacial score (nSPS) is 14.6. The van der Waals surface area contributed by atoms with Crippen LogP contribution in [0, 0.1) is 12.8 Å². The predicted octanol–water partition coefficient (Wildman–Crippen LogP) is 7.47. The van der Waals surface area contributed by atoms with E-state index in [2.05, 4.69) is 20.7 Å². The first-order valence-corrected chi connectivity index (χ1v) is 17.5. The molecule has 0 saturated carbocycles. The zero-order valence-corrected chi connectivity index (χ0v) is 30.4. The Morgan fingerprint density at radius 2 is 1.68 bits per heavy atom. The molecule has 2 aromatic carbocycles. The number of amides is 1. The van der Waals surface area contributed by atoms with Gasteiger partial charge in [0.25, 0.3) is 0 Å². The molecule has 4 aromatic rings. The Morgan fingerprint density at radius 1 is 0.920 bits per heavy atom. The minimum absolute atomic E-state index is 0.186. The van der Waals surface area contributed by atoms with Gasteiger partial charge >= 0.3 is 12.2 Å². The van der Waals surface area contributed by atoms with E-state index in [0.29, 0.717) is 35.9 Å². The molecule has 2 aromatic heterocycles. The van der Waals surface area contributed by atoms with E-state index in [1.165, 1.54) is 17.5 Å². The van der Waals surface area contributed by atoms with Crippen LogP contribution in [0.1, 0.15) is 72.1 Å². The highest BCUT2D eigenvalue weighted by atomic mass is 16.6. The van der Waals surface area contributed by atoms with Gasteiger partial charge in [0.2, 0.25) is 0 Å². The van der Waals surface area contributed by atoms with E-state index in [1.807, 2.05) is 97.0 Å². The molecular formula is C39H51N5O6. The Bertz CT molecular complexity index is 1770. The monoisotopic (exact) mass is 685 g/mol. The molecule has 50 heavy (non-hydrogen) atoms. The number of aryl methyl sites for hydroxylation is 1. The number of alkyl carbamates (subject to hydrolysis) is 1. The van der Waals surface area contributed by atoms with E-state index in [0.717, 1.165) is 47.3 Å². The van der Waals surface area contributed by atoms with E-state index in [9.17, 15) is 9.59 Å². The van der Waals surface area contributed by atoms with Crippen molar-refractivity contribution >= 4 is 23.1 Å². The number of pyridine rings is 1. The summed E-state index contributed by atoms with van der Waals surface area (Å²) < 4.78 is 24.8. The van der Waals surface area contributed by atoms with Gasteiger partial charge in [-0.2, -0.15) is 9.78 Å². The lowest BCUT2D eigenvalue weighted by molar-refractivity contribution is 0.0484. The molecule has 1 amide bonds. The fraction of sp³-hybridized carbons (Fsp3) is 0.487. The third-order valence-electron chi connectivity index (χ3n) is 8.28. The van der Waals surface area contributed by atoms with Gasteiger partial charge in [0, 0.05) is 17.1 Å². The third-order valence-corrected chi connectivity index (χ3v) is 8.28. The molecule has 5 rings (SSSR count). The number of nitrogens with zero attached hydrogens (tertiary/aromatic N) is 3. The van der Waals surface area contributed by atoms with Crippen LogP contribution >= 0.6 is 0 Å². The largest absolute Gasteiger partial charge is 0.494 e. The molecule has 1 aliphatic heterocycles. The van der Waals surface area contributed by atoms with Crippen molar-refractivity contribution < 1.29 is 28.5 Å². The summed E-state index contributed by atoms with van der Waals surface area (Å²) in [6, 6.07) is 15.3. The van der Waals surface area contributed by atoms with E-state index in [4.69, 9.17) is 18.9 Å². The number of carbonyl (C=O) groups excluding carboxylic acids is 2. The standard InChI is InChI=1S/C39H51N5O6/c1-26-34-22-29(11-12-35(34)44(43-26)37(46)50-39(5,6)7)30-21-33(24-41-23-30)48-25-31(42-36(45)49-38(2,3)4)19-28-9-8-10-32(20-28)47-18-15-27-13-16-40-17-14-27/h8-12,20-24,27,31,40H,13-19,25H2,1-7H3,(H,42,45)/t31-/m0/s1. The maximum atomic E-state index is 12.8. The van der Waals surface area contributed by atoms with Crippen molar-refractivity contribution in [2.45, 2.75) is 91.4 Å². The second kappa shape index (κ2) is 15.9. The highest BCUT2D eigenvalue weighted by Gasteiger charge is 2.23. The Labute approximate surface area is 295 Å². The number of benzene rings is 2. The minimum Gasteiger partial charge on any atom is -0.494 e. The summed E-state index contributed by atoms with van der Waals surface area (Å²) in [5.74, 6) is 2.06. The molecule has 0 aliphatic carbocycles. The number of aromatic nitrogens is 3. The molecular weight excluding hydrogens is 634 g/mol. The number of piperidine rings is 1. The molecule has 1 atom stereocenters. The smallest absolute Gasteiger partial charge is 0.435 e. The highest BCUT2D eigenvalue weighted by molar-refractivity contribution is 5.92. The molecule has 0 radical (unpaired) electrons. The van der Waals surface area contributed by atoms with Crippen LogP contribution < -0.4 is 20.1 Å². The fourth-order valence-electron chi connectivity index (χ4n) is 5.93. The molecule has 1 aliphatic rings. The Balaban J connectivity index is 1.27. The second-order valence-corrected chi connectivity index (χ2v) is 15.0. The van der Waals surface area contributed by atoms with Crippen molar-refractivity contribution in [1.29, 1.82) is 0 Å². The van der Waals surface area contributed by atoms with Gasteiger partial charge in [-0.3, -0.25) is 4.98 Å². The van der Waals surface area contributed by atoms with Gasteiger partial charge in [0.15, 0.2) is 0 Å². The van der Waals surface area contributed by atoms with Crippen molar-refractivity contribution in [3.05, 3.63) is 72.2 Å². The van der Waals surface area contributed by atoms with Gasteiger partial charge in [-0.25, -0.2) is 9.59 Å². The molecule has 2 N–H and O–H groups in total. The van der Waals surface area contributed by atoms with Crippen LogP contribution in [-0.2, 0) is 15.9 Å². The predicted molar refractivity (Wildman–Crippen MR) is 194 cm³/mol. The molecule has 0 spiro atoms. The van der Waals surface area contributed by atoms with Crippen LogP contribution in [0.2, 0.25) is 0 Å². The van der Waals surface area contributed by atoms with Crippen molar-refractivity contribution in [3.8, 4) is 22.6 Å². The molecule has 1 fully saturated rings. The highest BCUT2D eigenvalue weighted by Crippen LogP contribution is 2.29. The average molecular weight is 686 g/mol. The van der Waals surface area contributed by atoms with Gasteiger partial charge < -0.3 is 29.6 Å². The maximum absolute atomic E-state index is 12.8. The number of hydrogen-bond acceptors (Lipinski definition) is 9. The summed E-state index contributed by atoms with van der Waals surface area (Å²) in [6.45, 7) is 15.9. The summed E-state index contributed by atoms with van der Waals surface area (Å²) in [4.78, 5) is 30.1. The molecule has 3 heterocycles. The first kappa shape index (κ1) is 36.6. The van der Waals surface area contributed by atoms with Crippen molar-refractivity contribution in [1.82, 2.24) is 25.4 Å². The molecule has 0 unspecified atom stereocenters. The van der Waals surface area contributed by atoms with Gasteiger partial charge in [-0.05, 0) is 135 Å². The number of carbonyl (C=O) groups is 2. The summed E-state index contributed by atoms with van der Waals surface area (Å²) >= 11 is 0. The van der Waals surface area contributed by atoms with Crippen LogP contribution in [0.4, 0.5) is 9.59 Å². The van der Waals surface area contributed by atoms with Crippen molar-refractivity contribution in [3.63, 3.8) is 0 Å². The topological polar surface area (TPSA) is 126 Å². The Kier molecular flexibility index (Phi) is 11.7. The molecule has 268 valence electrons. The van der Waals surface area contributed by atoms with Crippen molar-refractivity contribution in [2.75, 3.05) is 26.3 Å². The molecule has 11 heteroatoms. The number of ether oxygens (including phenoxy) is 4.